The van der Waals surface area contributed by atoms with Crippen LogP contribution in [0.4, 0.5) is 5.82 Å². The van der Waals surface area contributed by atoms with Gasteiger partial charge in [0.05, 0.1) is 42.2 Å². The van der Waals surface area contributed by atoms with Crippen molar-refractivity contribution < 1.29 is 33.4 Å². The highest BCUT2D eigenvalue weighted by molar-refractivity contribution is 6.24. The van der Waals surface area contributed by atoms with Crippen LogP contribution >= 0.6 is 0 Å². The number of rotatable bonds is 15. The lowest BCUT2D eigenvalue weighted by Crippen LogP contribution is -2.54. The molecule has 356 valence electrons. The van der Waals surface area contributed by atoms with Crippen molar-refractivity contribution in [1.29, 1.82) is 0 Å². The standard InChI is InChI=1S/C54H53N9O7/c1-4-37-31-39(32-56-43(37)5-2)49-57-44-33-62(25-22-41(44)50(55-3)59-49)52(66)38-16-12-36(13-17-38)34-70-40-18-14-35(15-19-40)9-7-23-60-26-28-61(29-27-60)24-8-30-69-46-11-6-10-42-48(46)54(68)63(53(42)67)45-20-21-47(64)58-51(45)65/h4-6,10-19,31-32,45H,1-2,8,20-30,33-34H2,3H3,(H,55,57,59)(H,58,64,65). The number of nitrogens with zero attached hydrogens (tertiary/aromatic N) is 7. The number of nitrogens with one attached hydrogen (secondary N) is 2. The van der Waals surface area contributed by atoms with E-state index < -0.39 is 29.7 Å². The van der Waals surface area contributed by atoms with E-state index in [0.29, 0.717) is 56.4 Å². The SMILES string of the molecule is C=Cc1cc(-c2nc3c(c(NC)n2)CCN(C(=O)c2ccc(COc4ccc(C#CCN5CCN(CCCOc6cccc7c6C(=O)N(C6CCC(=O)NC6=O)C7=O)CC5)cc4)cc2)C3)cnc1C=C. The fourth-order valence-corrected chi connectivity index (χ4v) is 9.11. The molecule has 4 aliphatic rings. The van der Waals surface area contributed by atoms with E-state index in [1.165, 1.54) is 0 Å². The molecular weight excluding hydrogens is 887 g/mol. The van der Waals surface area contributed by atoms with Gasteiger partial charge < -0.3 is 24.6 Å². The van der Waals surface area contributed by atoms with Crippen molar-refractivity contribution >= 4 is 47.5 Å². The predicted molar refractivity (Wildman–Crippen MR) is 264 cm³/mol. The fraction of sp³-hybridized carbons (Fsp3) is 0.296. The van der Waals surface area contributed by atoms with Gasteiger partial charge in [-0.15, -0.1) is 0 Å². The number of benzene rings is 3. The van der Waals surface area contributed by atoms with Gasteiger partial charge in [-0.05, 0) is 85.5 Å². The van der Waals surface area contributed by atoms with Gasteiger partial charge in [0.25, 0.3) is 17.7 Å². The number of aromatic nitrogens is 3. The number of carbonyl (C=O) groups is 5. The normalized spacial score (nSPS) is 17.0. The molecule has 0 spiro atoms. The first kappa shape index (κ1) is 47.1. The molecule has 16 nitrogen and oxygen atoms in total. The third kappa shape index (κ3) is 10.2. The monoisotopic (exact) mass is 939 g/mol. The summed E-state index contributed by atoms with van der Waals surface area (Å²) in [6.45, 7) is 14.4. The zero-order chi connectivity index (χ0) is 48.7. The molecule has 3 aromatic carbocycles. The number of amides is 5. The van der Waals surface area contributed by atoms with Crippen LogP contribution in [0.5, 0.6) is 11.5 Å². The lowest BCUT2D eigenvalue weighted by Gasteiger charge is -2.33. The summed E-state index contributed by atoms with van der Waals surface area (Å²) in [5, 5.41) is 5.43. The smallest absolute Gasteiger partial charge is 0.266 e. The van der Waals surface area contributed by atoms with E-state index in [2.05, 4.69) is 50.4 Å². The lowest BCUT2D eigenvalue weighted by molar-refractivity contribution is -0.136. The maximum Gasteiger partial charge on any atom is 0.266 e. The van der Waals surface area contributed by atoms with Crippen molar-refractivity contribution in [3.05, 3.63) is 142 Å². The van der Waals surface area contributed by atoms with Gasteiger partial charge in [-0.25, -0.2) is 9.97 Å². The maximum absolute atomic E-state index is 13.7. The Bertz CT molecular complexity index is 2940. The second-order valence-corrected chi connectivity index (χ2v) is 17.4. The molecule has 5 amide bonds. The Labute approximate surface area is 406 Å². The Morgan fingerprint density at radius 1 is 0.900 bits per heavy atom. The van der Waals surface area contributed by atoms with Gasteiger partial charge in [0.2, 0.25) is 11.8 Å². The number of imide groups is 2. The Balaban J connectivity index is 0.691. The van der Waals surface area contributed by atoms with Crippen molar-refractivity contribution in [2.75, 3.05) is 64.8 Å². The lowest BCUT2D eigenvalue weighted by atomic mass is 10.0. The molecule has 6 heterocycles. The zero-order valence-electron chi connectivity index (χ0n) is 39.0. The van der Waals surface area contributed by atoms with Crippen molar-refractivity contribution in [2.24, 2.45) is 0 Å². The Kier molecular flexibility index (Phi) is 14.2. The largest absolute Gasteiger partial charge is 0.493 e. The summed E-state index contributed by atoms with van der Waals surface area (Å²) in [7, 11) is 1.84. The van der Waals surface area contributed by atoms with Gasteiger partial charge in [0.15, 0.2) is 5.82 Å². The number of ether oxygens (including phenoxy) is 2. The molecule has 9 rings (SSSR count). The number of piperazine rings is 1. The molecule has 0 bridgehead atoms. The van der Waals surface area contributed by atoms with Gasteiger partial charge in [-0.1, -0.05) is 49.3 Å². The molecule has 2 N–H and O–H groups in total. The molecule has 2 fully saturated rings. The first-order valence-corrected chi connectivity index (χ1v) is 23.5. The molecule has 2 saturated heterocycles. The summed E-state index contributed by atoms with van der Waals surface area (Å²) in [5.41, 5.74) is 6.94. The van der Waals surface area contributed by atoms with E-state index in [1.54, 1.807) is 36.5 Å². The van der Waals surface area contributed by atoms with Crippen LogP contribution in [-0.4, -0.2) is 130 Å². The van der Waals surface area contributed by atoms with Gasteiger partial charge in [0.1, 0.15) is 30.0 Å². The van der Waals surface area contributed by atoms with E-state index in [9.17, 15) is 24.0 Å². The Morgan fingerprint density at radius 3 is 2.43 bits per heavy atom. The average molecular weight is 940 g/mol. The highest BCUT2D eigenvalue weighted by Gasteiger charge is 2.46. The number of carbonyl (C=O) groups excluding carboxylic acids is 5. The van der Waals surface area contributed by atoms with Crippen LogP contribution in [-0.2, 0) is 29.2 Å². The highest BCUT2D eigenvalue weighted by Crippen LogP contribution is 2.34. The van der Waals surface area contributed by atoms with Crippen LogP contribution in [0.25, 0.3) is 23.5 Å². The summed E-state index contributed by atoms with van der Waals surface area (Å²) in [4.78, 5) is 85.9. The van der Waals surface area contributed by atoms with Crippen LogP contribution in [0.15, 0.2) is 92.2 Å². The highest BCUT2D eigenvalue weighted by atomic mass is 16.5. The van der Waals surface area contributed by atoms with Gasteiger partial charge >= 0.3 is 0 Å². The molecule has 70 heavy (non-hydrogen) atoms. The van der Waals surface area contributed by atoms with Crippen LogP contribution < -0.4 is 20.1 Å². The van der Waals surface area contributed by atoms with E-state index >= 15 is 0 Å². The first-order valence-electron chi connectivity index (χ1n) is 23.5. The van der Waals surface area contributed by atoms with Gasteiger partial charge in [0, 0.05) is 86.8 Å². The van der Waals surface area contributed by atoms with Crippen LogP contribution in [0.3, 0.4) is 0 Å². The minimum absolute atomic E-state index is 0.0633. The zero-order valence-corrected chi connectivity index (χ0v) is 39.0. The van der Waals surface area contributed by atoms with Crippen molar-refractivity contribution in [2.45, 2.75) is 44.9 Å². The molecule has 5 aromatic rings. The molecular formula is C54H53N9O7. The number of anilines is 1. The second-order valence-electron chi connectivity index (χ2n) is 17.4. The molecule has 1 atom stereocenters. The van der Waals surface area contributed by atoms with Crippen LogP contribution in [0, 0.1) is 11.8 Å². The number of fused-ring (bicyclic) bond motifs is 2. The first-order chi connectivity index (χ1) is 34.1. The minimum Gasteiger partial charge on any atom is -0.493 e. The van der Waals surface area contributed by atoms with E-state index in [-0.39, 0.29) is 29.9 Å². The summed E-state index contributed by atoms with van der Waals surface area (Å²) in [6, 6.07) is 21.1. The van der Waals surface area contributed by atoms with E-state index in [0.717, 1.165) is 94.8 Å². The number of hydrogen-bond acceptors (Lipinski definition) is 13. The van der Waals surface area contributed by atoms with Crippen LogP contribution in [0.1, 0.15) is 84.0 Å². The number of pyridine rings is 1. The molecule has 0 aliphatic carbocycles. The van der Waals surface area contributed by atoms with Gasteiger partial charge in [-0.2, -0.15) is 0 Å². The average Bonchev–Trinajstić information content (AvgIpc) is 3.65. The molecule has 4 aliphatic heterocycles. The van der Waals surface area contributed by atoms with Gasteiger partial charge in [-0.3, -0.25) is 44.1 Å². The molecule has 1 unspecified atom stereocenters. The van der Waals surface area contributed by atoms with E-state index in [1.807, 2.05) is 66.5 Å². The molecule has 16 heteroatoms. The molecule has 0 radical (unpaired) electrons. The number of piperidine rings is 1. The number of hydrogen-bond donors (Lipinski definition) is 2. The third-order valence-electron chi connectivity index (χ3n) is 13.0. The third-order valence-corrected chi connectivity index (χ3v) is 13.0. The maximum atomic E-state index is 13.7. The van der Waals surface area contributed by atoms with Crippen LogP contribution in [0.2, 0.25) is 0 Å². The predicted octanol–water partition coefficient (Wildman–Crippen LogP) is 5.48. The Hall–Kier alpha value is -8.00. The molecule has 2 aromatic heterocycles. The van der Waals surface area contributed by atoms with E-state index in [4.69, 9.17) is 19.4 Å². The summed E-state index contributed by atoms with van der Waals surface area (Å²) >= 11 is 0. The van der Waals surface area contributed by atoms with Crippen molar-refractivity contribution in [1.82, 2.24) is 39.9 Å². The minimum atomic E-state index is -1.02. The second kappa shape index (κ2) is 21.1. The summed E-state index contributed by atoms with van der Waals surface area (Å²) < 4.78 is 12.1. The summed E-state index contributed by atoms with van der Waals surface area (Å²) in [5.74, 6) is 6.64. The quantitative estimate of drug-likeness (QED) is 0.0767. The summed E-state index contributed by atoms with van der Waals surface area (Å²) in [6.07, 6.45) is 6.67. The topological polar surface area (TPSA) is 180 Å². The Morgan fingerprint density at radius 2 is 1.69 bits per heavy atom. The van der Waals surface area contributed by atoms with Crippen molar-refractivity contribution in [3.8, 4) is 34.7 Å². The van der Waals surface area contributed by atoms with Crippen molar-refractivity contribution in [3.63, 3.8) is 0 Å². The fourth-order valence-electron chi connectivity index (χ4n) is 9.11. The molecule has 0 saturated carbocycles.